The van der Waals surface area contributed by atoms with Crippen LogP contribution in [0.25, 0.3) is 6.08 Å². The van der Waals surface area contributed by atoms with Gasteiger partial charge in [-0.25, -0.2) is 4.79 Å². The average molecular weight is 427 g/mol. The molecule has 0 saturated carbocycles. The van der Waals surface area contributed by atoms with Gasteiger partial charge < -0.3 is 9.64 Å². The molecule has 0 radical (unpaired) electrons. The number of carbonyl (C=O) groups excluding carboxylic acids is 2. The molecule has 1 heterocycles. The molecule has 0 atom stereocenters. The van der Waals surface area contributed by atoms with E-state index in [4.69, 9.17) is 17.0 Å². The molecule has 1 aliphatic rings. The summed E-state index contributed by atoms with van der Waals surface area (Å²) in [6.07, 6.45) is 1.86. The molecule has 1 amide bonds. The van der Waals surface area contributed by atoms with Crippen molar-refractivity contribution in [3.8, 4) is 0 Å². The minimum Gasteiger partial charge on any atom is -0.465 e. The minimum absolute atomic E-state index is 0.168. The Morgan fingerprint density at radius 2 is 1.72 bits per heavy atom. The summed E-state index contributed by atoms with van der Waals surface area (Å²) in [6.45, 7) is 6.15. The third-order valence-electron chi connectivity index (χ3n) is 4.66. The molecular weight excluding hydrogens is 404 g/mol. The molecule has 2 aromatic rings. The van der Waals surface area contributed by atoms with Crippen LogP contribution in [0.2, 0.25) is 0 Å². The zero-order chi connectivity index (χ0) is 21.0. The van der Waals surface area contributed by atoms with Crippen LogP contribution < -0.4 is 9.80 Å². The van der Waals surface area contributed by atoms with Gasteiger partial charge in [0.2, 0.25) is 0 Å². The molecular formula is C22H22N2O3S2. The fourth-order valence-electron chi connectivity index (χ4n) is 3.08. The van der Waals surface area contributed by atoms with Gasteiger partial charge in [-0.15, -0.1) is 0 Å². The third-order valence-corrected chi connectivity index (χ3v) is 5.96. The Bertz CT molecular complexity index is 949. The quantitative estimate of drug-likeness (QED) is 0.378. The summed E-state index contributed by atoms with van der Waals surface area (Å²) >= 11 is 6.69. The van der Waals surface area contributed by atoms with E-state index < -0.39 is 5.97 Å². The first kappa shape index (κ1) is 21.1. The Hall–Kier alpha value is -2.64. The van der Waals surface area contributed by atoms with Crippen LogP contribution in [0.4, 0.5) is 11.4 Å². The van der Waals surface area contributed by atoms with Crippen molar-refractivity contribution in [2.75, 3.05) is 30.0 Å². The molecule has 1 aliphatic heterocycles. The maximum absolute atomic E-state index is 12.9. The fraction of sp³-hybridized carbons (Fsp3) is 0.227. The first-order chi connectivity index (χ1) is 14.0. The van der Waals surface area contributed by atoms with E-state index in [-0.39, 0.29) is 5.91 Å². The SMILES string of the molecule is CCN(CC)c1ccc(/C=C2/SC(=S)N(c3ccc(C(=O)OC)cc3)C2=O)cc1. The number of ether oxygens (including phenoxy) is 1. The summed E-state index contributed by atoms with van der Waals surface area (Å²) in [4.78, 5) is 28.8. The van der Waals surface area contributed by atoms with E-state index in [9.17, 15) is 9.59 Å². The molecule has 0 aliphatic carbocycles. The highest BCUT2D eigenvalue weighted by molar-refractivity contribution is 8.27. The van der Waals surface area contributed by atoms with Crippen LogP contribution in [0.1, 0.15) is 29.8 Å². The summed E-state index contributed by atoms with van der Waals surface area (Å²) in [5.41, 5.74) is 3.15. The van der Waals surface area contributed by atoms with E-state index in [1.54, 1.807) is 24.3 Å². The van der Waals surface area contributed by atoms with Crippen molar-refractivity contribution in [2.45, 2.75) is 13.8 Å². The Labute approximate surface area is 180 Å². The highest BCUT2D eigenvalue weighted by Gasteiger charge is 2.33. The van der Waals surface area contributed by atoms with Crippen molar-refractivity contribution < 1.29 is 14.3 Å². The zero-order valence-electron chi connectivity index (χ0n) is 16.5. The Balaban J connectivity index is 1.80. The van der Waals surface area contributed by atoms with Gasteiger partial charge in [0.1, 0.15) is 0 Å². The number of carbonyl (C=O) groups is 2. The van der Waals surface area contributed by atoms with Crippen molar-refractivity contribution >= 4 is 57.6 Å². The third kappa shape index (κ3) is 4.52. The molecule has 3 rings (SSSR count). The smallest absolute Gasteiger partial charge is 0.337 e. The number of hydrogen-bond donors (Lipinski definition) is 0. The van der Waals surface area contributed by atoms with Gasteiger partial charge in [-0.05, 0) is 61.9 Å². The number of thiocarbonyl (C=S) groups is 1. The Morgan fingerprint density at radius 1 is 1.10 bits per heavy atom. The minimum atomic E-state index is -0.421. The first-order valence-electron chi connectivity index (χ1n) is 9.29. The number of rotatable bonds is 6. The average Bonchev–Trinajstić information content (AvgIpc) is 3.02. The maximum atomic E-state index is 12.9. The Kier molecular flexibility index (Phi) is 6.71. The van der Waals surface area contributed by atoms with Crippen LogP contribution in [0.3, 0.4) is 0 Å². The molecule has 0 bridgehead atoms. The molecule has 2 aromatic carbocycles. The maximum Gasteiger partial charge on any atom is 0.337 e. The summed E-state index contributed by atoms with van der Waals surface area (Å²) in [7, 11) is 1.33. The van der Waals surface area contributed by atoms with Gasteiger partial charge in [0.05, 0.1) is 23.3 Å². The number of amides is 1. The molecule has 0 N–H and O–H groups in total. The van der Waals surface area contributed by atoms with E-state index in [2.05, 4.69) is 30.9 Å². The molecule has 1 saturated heterocycles. The standard InChI is InChI=1S/C22H22N2O3S2/c1-4-23(5-2)17-10-6-15(7-11-17)14-19-20(25)24(22(28)29-19)18-12-8-16(9-13-18)21(26)27-3/h6-14H,4-5H2,1-3H3/b19-14+. The number of thioether (sulfide) groups is 1. The number of anilines is 2. The van der Waals surface area contributed by atoms with Gasteiger partial charge in [0.15, 0.2) is 4.32 Å². The van der Waals surface area contributed by atoms with E-state index in [0.717, 1.165) is 24.3 Å². The zero-order valence-corrected chi connectivity index (χ0v) is 18.2. The van der Waals surface area contributed by atoms with Crippen LogP contribution in [-0.4, -0.2) is 36.4 Å². The normalized spacial score (nSPS) is 15.1. The second-order valence-electron chi connectivity index (χ2n) is 6.32. The van der Waals surface area contributed by atoms with Crippen molar-refractivity contribution in [1.82, 2.24) is 0 Å². The molecule has 7 heteroatoms. The summed E-state index contributed by atoms with van der Waals surface area (Å²) in [5.74, 6) is -0.589. The largest absolute Gasteiger partial charge is 0.465 e. The molecule has 0 unspecified atom stereocenters. The van der Waals surface area contributed by atoms with Crippen LogP contribution in [0.5, 0.6) is 0 Å². The second kappa shape index (κ2) is 9.24. The highest BCUT2D eigenvalue weighted by Crippen LogP contribution is 2.36. The van der Waals surface area contributed by atoms with E-state index in [0.29, 0.717) is 20.5 Å². The topological polar surface area (TPSA) is 49.9 Å². The van der Waals surface area contributed by atoms with Gasteiger partial charge in [0.25, 0.3) is 5.91 Å². The van der Waals surface area contributed by atoms with Gasteiger partial charge in [0, 0.05) is 18.8 Å². The van der Waals surface area contributed by atoms with Crippen LogP contribution >= 0.6 is 24.0 Å². The van der Waals surface area contributed by atoms with Crippen molar-refractivity contribution in [3.63, 3.8) is 0 Å². The molecule has 29 heavy (non-hydrogen) atoms. The highest BCUT2D eigenvalue weighted by atomic mass is 32.2. The molecule has 5 nitrogen and oxygen atoms in total. The number of hydrogen-bond acceptors (Lipinski definition) is 6. The predicted octanol–water partition coefficient (Wildman–Crippen LogP) is 4.73. The lowest BCUT2D eigenvalue weighted by Crippen LogP contribution is -2.27. The van der Waals surface area contributed by atoms with E-state index in [1.165, 1.54) is 23.8 Å². The van der Waals surface area contributed by atoms with Crippen LogP contribution in [-0.2, 0) is 9.53 Å². The monoisotopic (exact) mass is 426 g/mol. The van der Waals surface area contributed by atoms with Crippen molar-refractivity contribution in [1.29, 1.82) is 0 Å². The van der Waals surface area contributed by atoms with Crippen molar-refractivity contribution in [2.24, 2.45) is 0 Å². The number of benzene rings is 2. The van der Waals surface area contributed by atoms with Gasteiger partial charge >= 0.3 is 5.97 Å². The molecule has 1 fully saturated rings. The number of esters is 1. The van der Waals surface area contributed by atoms with Gasteiger partial charge in [-0.2, -0.15) is 0 Å². The second-order valence-corrected chi connectivity index (χ2v) is 8.00. The van der Waals surface area contributed by atoms with E-state index in [1.807, 2.05) is 18.2 Å². The number of methoxy groups -OCH3 is 1. The first-order valence-corrected chi connectivity index (χ1v) is 10.5. The van der Waals surface area contributed by atoms with Gasteiger partial charge in [-0.3, -0.25) is 9.69 Å². The lowest BCUT2D eigenvalue weighted by molar-refractivity contribution is -0.113. The predicted molar refractivity (Wildman–Crippen MR) is 123 cm³/mol. The molecule has 150 valence electrons. The van der Waals surface area contributed by atoms with Crippen LogP contribution in [0.15, 0.2) is 53.4 Å². The van der Waals surface area contributed by atoms with Crippen molar-refractivity contribution in [3.05, 3.63) is 64.6 Å². The Morgan fingerprint density at radius 3 is 2.28 bits per heavy atom. The summed E-state index contributed by atoms with van der Waals surface area (Å²) < 4.78 is 5.17. The molecule has 0 aromatic heterocycles. The lowest BCUT2D eigenvalue weighted by atomic mass is 10.1. The summed E-state index contributed by atoms with van der Waals surface area (Å²) in [6, 6.07) is 14.8. The number of nitrogens with zero attached hydrogens (tertiary/aromatic N) is 2. The van der Waals surface area contributed by atoms with Gasteiger partial charge in [-0.1, -0.05) is 36.1 Å². The fourth-order valence-corrected chi connectivity index (χ4v) is 4.38. The van der Waals surface area contributed by atoms with Crippen LogP contribution in [0, 0.1) is 0 Å². The lowest BCUT2D eigenvalue weighted by Gasteiger charge is -2.20. The molecule has 0 spiro atoms. The summed E-state index contributed by atoms with van der Waals surface area (Å²) in [5, 5.41) is 0. The van der Waals surface area contributed by atoms with E-state index >= 15 is 0 Å².